The normalized spacial score (nSPS) is 21.1. The SMILES string of the molecule is Nc1cc[15n]([C@H]2O[C@H](COC(=O)c3ccccc3)[C@@H](OC(=O)c3ccccc3)C2(F)F)[13c](=O)[15n]1. The van der Waals surface area contributed by atoms with Gasteiger partial charge in [-0.3, -0.25) is 4.57 Å². The number of carbonyl (C=O) groups is 2. The molecule has 2 heterocycles. The van der Waals surface area contributed by atoms with Crippen molar-refractivity contribution in [1.82, 2.24) is 9.55 Å². The number of aromatic nitrogens is 2. The number of ether oxygens (including phenoxy) is 3. The van der Waals surface area contributed by atoms with Crippen molar-refractivity contribution in [1.29, 1.82) is 0 Å². The van der Waals surface area contributed by atoms with Gasteiger partial charge in [0.05, 0.1) is 11.1 Å². The van der Waals surface area contributed by atoms with E-state index in [1.54, 1.807) is 36.4 Å². The van der Waals surface area contributed by atoms with Gasteiger partial charge in [0.2, 0.25) is 6.23 Å². The molecule has 0 amide bonds. The Kier molecular flexibility index (Phi) is 6.37. The monoisotopic (exact) mass is 474 g/mol. The largest absolute Gasteiger partial charge is 0.459 e. The van der Waals surface area contributed by atoms with Crippen molar-refractivity contribution in [2.24, 2.45) is 0 Å². The molecule has 3 atom stereocenters. The maximum absolute atomic E-state index is 15.5. The highest BCUT2D eigenvalue weighted by Crippen LogP contribution is 2.44. The highest BCUT2D eigenvalue weighted by Gasteiger charge is 2.62. The Bertz CT molecular complexity index is 1240. The van der Waals surface area contributed by atoms with Crippen molar-refractivity contribution in [2.75, 3.05) is 12.3 Å². The molecule has 1 aliphatic rings. The maximum atomic E-state index is 15.5. The van der Waals surface area contributed by atoms with Crippen molar-refractivity contribution >= 4 is 17.8 Å². The van der Waals surface area contributed by atoms with E-state index in [9.17, 15) is 14.4 Å². The van der Waals surface area contributed by atoms with Gasteiger partial charge in [0.25, 0.3) is 0 Å². The Hall–Kier alpha value is -4.12. The predicted molar refractivity (Wildman–Crippen MR) is 114 cm³/mol. The summed E-state index contributed by atoms with van der Waals surface area (Å²) in [4.78, 5) is 40.5. The lowest BCUT2D eigenvalue weighted by molar-refractivity contribution is -0.142. The van der Waals surface area contributed by atoms with Crippen LogP contribution in [-0.2, 0) is 14.2 Å². The summed E-state index contributed by atoms with van der Waals surface area (Å²) in [5, 5.41) is 0. The zero-order chi connectivity index (χ0) is 24.3. The van der Waals surface area contributed by atoms with Crippen LogP contribution in [0.2, 0.25) is 0 Å². The molecule has 1 aliphatic heterocycles. The van der Waals surface area contributed by atoms with Crippen LogP contribution in [0, 0.1) is 0 Å². The summed E-state index contributed by atoms with van der Waals surface area (Å²) in [5.74, 6) is -5.86. The molecule has 0 saturated carbocycles. The van der Waals surface area contributed by atoms with Gasteiger partial charge in [-0.15, -0.1) is 0 Å². The van der Waals surface area contributed by atoms with Crippen molar-refractivity contribution in [3.05, 3.63) is 94.5 Å². The third-order valence-electron chi connectivity index (χ3n) is 5.09. The van der Waals surface area contributed by atoms with E-state index < -0.39 is 48.6 Å². The van der Waals surface area contributed by atoms with Crippen LogP contribution < -0.4 is 11.4 Å². The number of benzene rings is 2. The summed E-state index contributed by atoms with van der Waals surface area (Å²) in [6.07, 6.45) is -4.93. The van der Waals surface area contributed by atoms with Crippen LogP contribution in [0.4, 0.5) is 14.6 Å². The number of nitrogens with zero attached hydrogens (tertiary/aromatic N) is 2. The van der Waals surface area contributed by atoms with Gasteiger partial charge < -0.3 is 19.9 Å². The number of halogens is 2. The third-order valence-corrected chi connectivity index (χ3v) is 5.09. The number of nitrogen functional groups attached to an aromatic ring is 1. The van der Waals surface area contributed by atoms with Gasteiger partial charge in [0.15, 0.2) is 6.10 Å². The maximum Gasteiger partial charge on any atom is 0.351 e. The molecule has 176 valence electrons. The van der Waals surface area contributed by atoms with E-state index in [1.807, 2.05) is 0 Å². The molecule has 11 heteroatoms. The molecule has 1 fully saturated rings. The quantitative estimate of drug-likeness (QED) is 0.541. The second-order valence-corrected chi connectivity index (χ2v) is 7.40. The van der Waals surface area contributed by atoms with E-state index in [-0.39, 0.29) is 16.9 Å². The molecular formula is C23H19F2N3O6. The topological polar surface area (TPSA) is 123 Å². The molecule has 3 aromatic rings. The smallest absolute Gasteiger partial charge is 0.351 e. The van der Waals surface area contributed by atoms with E-state index in [0.717, 1.165) is 12.3 Å². The Balaban J connectivity index is 1.61. The predicted octanol–water partition coefficient (Wildman–Crippen LogP) is 2.44. The minimum absolute atomic E-state index is 0.0353. The number of carbonyl (C=O) groups excluding carboxylic acids is 2. The first-order chi connectivity index (χ1) is 16.3. The summed E-state index contributed by atoms with van der Waals surface area (Å²) < 4.78 is 47.1. The first-order valence-corrected chi connectivity index (χ1v) is 10.1. The Morgan fingerprint density at radius 2 is 1.59 bits per heavy atom. The van der Waals surface area contributed by atoms with Crippen LogP contribution in [0.5, 0.6) is 0 Å². The van der Waals surface area contributed by atoms with E-state index in [0.29, 0.717) is 4.57 Å². The molecule has 0 spiro atoms. The average Bonchev–Trinajstić information content (AvgIpc) is 3.08. The van der Waals surface area contributed by atoms with Crippen molar-refractivity contribution < 1.29 is 32.6 Å². The van der Waals surface area contributed by atoms with Crippen LogP contribution in [-0.4, -0.2) is 46.2 Å². The van der Waals surface area contributed by atoms with Crippen LogP contribution in [0.25, 0.3) is 0 Å². The van der Waals surface area contributed by atoms with E-state index in [1.165, 1.54) is 24.3 Å². The number of hydrogen-bond acceptors (Lipinski definition) is 8. The Morgan fingerprint density at radius 3 is 2.18 bits per heavy atom. The van der Waals surface area contributed by atoms with Crippen LogP contribution >= 0.6 is 0 Å². The fourth-order valence-electron chi connectivity index (χ4n) is 3.43. The average molecular weight is 474 g/mol. The van der Waals surface area contributed by atoms with Crippen molar-refractivity contribution in [3.63, 3.8) is 0 Å². The number of hydrogen-bond donors (Lipinski definition) is 1. The Morgan fingerprint density at radius 1 is 1.00 bits per heavy atom. The van der Waals surface area contributed by atoms with Gasteiger partial charge in [0, 0.05) is 6.20 Å². The minimum Gasteiger partial charge on any atom is -0.459 e. The highest BCUT2D eigenvalue weighted by atomic mass is 19.3. The summed E-state index contributed by atoms with van der Waals surface area (Å²) in [7, 11) is 0. The molecule has 0 unspecified atom stereocenters. The summed E-state index contributed by atoms with van der Waals surface area (Å²) >= 11 is 0. The minimum atomic E-state index is -3.88. The molecule has 0 aliphatic carbocycles. The highest BCUT2D eigenvalue weighted by molar-refractivity contribution is 5.90. The van der Waals surface area contributed by atoms with E-state index in [2.05, 4.69) is 4.98 Å². The summed E-state index contributed by atoms with van der Waals surface area (Å²) in [5.41, 5.74) is 4.58. The fraction of sp³-hybridized carbons (Fsp3) is 0.217. The number of nitrogens with two attached hydrogens (primary N) is 1. The van der Waals surface area contributed by atoms with Gasteiger partial charge in [0.1, 0.15) is 18.5 Å². The molecule has 2 N–H and O–H groups in total. The summed E-state index contributed by atoms with van der Waals surface area (Å²) in [6, 6.07) is 16.6. The molecule has 1 aromatic heterocycles. The molecule has 2 aromatic carbocycles. The molecule has 34 heavy (non-hydrogen) atoms. The van der Waals surface area contributed by atoms with Gasteiger partial charge in [-0.05, 0) is 30.3 Å². The number of esters is 2. The molecule has 1 saturated heterocycles. The lowest BCUT2D eigenvalue weighted by Crippen LogP contribution is -2.44. The number of alkyl halides is 2. The lowest BCUT2D eigenvalue weighted by Gasteiger charge is -2.24. The van der Waals surface area contributed by atoms with Gasteiger partial charge in [-0.1, -0.05) is 36.4 Å². The first-order valence-electron chi connectivity index (χ1n) is 10.1. The molecule has 4 rings (SSSR count). The molecule has 0 bridgehead atoms. The number of rotatable bonds is 6. The van der Waals surface area contributed by atoms with E-state index >= 15 is 8.78 Å². The van der Waals surface area contributed by atoms with Crippen molar-refractivity contribution in [3.8, 4) is 0 Å². The van der Waals surface area contributed by atoms with Gasteiger partial charge in [-0.25, -0.2) is 14.4 Å². The molecular weight excluding hydrogens is 455 g/mol. The van der Waals surface area contributed by atoms with Gasteiger partial charge >= 0.3 is 23.6 Å². The standard InChI is InChI=1S/C23H19F2N3O6/c24-23(25)18(34-20(30)15-9-5-2-6-10-15)16(13-32-19(29)14-7-3-1-4-8-14)33-21(23)28-12-11-17(26)27-22(28)31/h1-12,16,18,21H,13H2,(H2,26,27,31)/t16-,18-,21+/m1/s1/i22+1,27+1,28+1. The van der Waals surface area contributed by atoms with Crippen LogP contribution in [0.3, 0.4) is 0 Å². The van der Waals surface area contributed by atoms with Gasteiger partial charge in [-0.2, -0.15) is 13.8 Å². The van der Waals surface area contributed by atoms with Crippen LogP contribution in [0.1, 0.15) is 26.9 Å². The zero-order valence-corrected chi connectivity index (χ0v) is 17.5. The van der Waals surface area contributed by atoms with Crippen LogP contribution in [0.15, 0.2) is 77.7 Å². The van der Waals surface area contributed by atoms with E-state index in [4.69, 9.17) is 19.9 Å². The molecule has 9 nitrogen and oxygen atoms in total. The lowest BCUT2D eigenvalue weighted by atomic mass is 10.1. The van der Waals surface area contributed by atoms with Crippen molar-refractivity contribution in [2.45, 2.75) is 24.4 Å². The Labute approximate surface area is 191 Å². The third kappa shape index (κ3) is 4.64. The second-order valence-electron chi connectivity index (χ2n) is 7.40. The second kappa shape index (κ2) is 9.40. The zero-order valence-electron chi connectivity index (χ0n) is 17.5. The number of anilines is 1. The fourth-order valence-corrected chi connectivity index (χ4v) is 3.43. The molecule has 0 radical (unpaired) electrons. The first kappa shape index (κ1) is 23.1. The summed E-state index contributed by atoms with van der Waals surface area (Å²) in [6.45, 7) is -0.663.